The van der Waals surface area contributed by atoms with Gasteiger partial charge in [-0.2, -0.15) is 0 Å². The lowest BCUT2D eigenvalue weighted by atomic mass is 9.63. The number of hydrogen-bond acceptors (Lipinski definition) is 3. The second-order valence-electron chi connectivity index (χ2n) is 5.86. The van der Waals surface area contributed by atoms with Crippen LogP contribution < -0.4 is 0 Å². The van der Waals surface area contributed by atoms with E-state index < -0.39 is 28.9 Å². The Balaban J connectivity index is 2.05. The number of rotatable bonds is 4. The largest absolute Gasteiger partial charge is 0.481 e. The number of hydrogen-bond donors (Lipinski definition) is 2. The van der Waals surface area contributed by atoms with Crippen LogP contribution in [-0.4, -0.2) is 34.4 Å². The van der Waals surface area contributed by atoms with Gasteiger partial charge in [0.2, 0.25) is 0 Å². The second-order valence-corrected chi connectivity index (χ2v) is 5.86. The molecule has 0 radical (unpaired) electrons. The minimum atomic E-state index is -1.39. The SMILES string of the molecule is C[C@]1(C(=O)O)[C@H]2O[C@H]2CC1(Cc1ccccc1)C(=O)O. The van der Waals surface area contributed by atoms with Gasteiger partial charge >= 0.3 is 11.9 Å². The molecule has 1 heterocycles. The summed E-state index contributed by atoms with van der Waals surface area (Å²) in [4.78, 5) is 23.6. The molecule has 3 rings (SSSR count). The lowest BCUT2D eigenvalue weighted by Crippen LogP contribution is -2.52. The molecule has 1 aliphatic heterocycles. The van der Waals surface area contributed by atoms with Crippen LogP contribution in [0, 0.1) is 10.8 Å². The summed E-state index contributed by atoms with van der Waals surface area (Å²) in [6.45, 7) is 1.50. The van der Waals surface area contributed by atoms with E-state index in [-0.39, 0.29) is 18.9 Å². The summed E-state index contributed by atoms with van der Waals surface area (Å²) in [7, 11) is 0. The Morgan fingerprint density at radius 1 is 1.25 bits per heavy atom. The number of carbonyl (C=O) groups is 2. The van der Waals surface area contributed by atoms with Crippen molar-refractivity contribution in [1.29, 1.82) is 0 Å². The van der Waals surface area contributed by atoms with Gasteiger partial charge in [0.05, 0.1) is 11.5 Å². The molecule has 0 spiro atoms. The molecule has 20 heavy (non-hydrogen) atoms. The maximum Gasteiger partial charge on any atom is 0.313 e. The minimum absolute atomic E-state index is 0.211. The molecule has 0 bridgehead atoms. The zero-order chi connectivity index (χ0) is 14.5. The smallest absolute Gasteiger partial charge is 0.313 e. The fraction of sp³-hybridized carbons (Fsp3) is 0.467. The van der Waals surface area contributed by atoms with E-state index in [1.165, 1.54) is 6.92 Å². The predicted octanol–water partition coefficient (Wildman–Crippen LogP) is 1.56. The molecule has 2 aliphatic rings. The van der Waals surface area contributed by atoms with Crippen molar-refractivity contribution < 1.29 is 24.5 Å². The topological polar surface area (TPSA) is 87.1 Å². The summed E-state index contributed by atoms with van der Waals surface area (Å²) in [5.74, 6) is -2.15. The van der Waals surface area contributed by atoms with Gasteiger partial charge in [-0.05, 0) is 25.3 Å². The number of aliphatic carboxylic acids is 2. The summed E-state index contributed by atoms with van der Waals surface area (Å²) in [6.07, 6.45) is -0.261. The van der Waals surface area contributed by atoms with Crippen LogP contribution in [0.5, 0.6) is 0 Å². The van der Waals surface area contributed by atoms with Gasteiger partial charge in [0.25, 0.3) is 0 Å². The van der Waals surface area contributed by atoms with Gasteiger partial charge < -0.3 is 14.9 Å². The van der Waals surface area contributed by atoms with Crippen molar-refractivity contribution in [3.05, 3.63) is 35.9 Å². The molecule has 1 saturated carbocycles. The summed E-state index contributed by atoms with van der Waals surface area (Å²) in [5.41, 5.74) is -1.86. The molecule has 106 valence electrons. The van der Waals surface area contributed by atoms with Gasteiger partial charge in [0, 0.05) is 0 Å². The number of ether oxygens (including phenoxy) is 1. The summed E-state index contributed by atoms with van der Waals surface area (Å²) >= 11 is 0. The molecule has 0 amide bonds. The van der Waals surface area contributed by atoms with Crippen molar-refractivity contribution in [1.82, 2.24) is 0 Å². The van der Waals surface area contributed by atoms with Crippen molar-refractivity contribution in [3.8, 4) is 0 Å². The maximum absolute atomic E-state index is 11.9. The molecule has 5 heteroatoms. The van der Waals surface area contributed by atoms with Gasteiger partial charge in [-0.25, -0.2) is 0 Å². The summed E-state index contributed by atoms with van der Waals surface area (Å²) in [5, 5.41) is 19.3. The van der Waals surface area contributed by atoms with Crippen molar-refractivity contribution in [2.75, 3.05) is 0 Å². The summed E-state index contributed by atoms with van der Waals surface area (Å²) in [6, 6.07) is 9.17. The second kappa shape index (κ2) is 4.06. The highest BCUT2D eigenvalue weighted by Crippen LogP contribution is 2.63. The van der Waals surface area contributed by atoms with Gasteiger partial charge in [0.1, 0.15) is 11.5 Å². The van der Waals surface area contributed by atoms with Gasteiger partial charge in [-0.15, -0.1) is 0 Å². The van der Waals surface area contributed by atoms with Crippen molar-refractivity contribution in [2.24, 2.45) is 10.8 Å². The van der Waals surface area contributed by atoms with E-state index in [0.29, 0.717) is 0 Å². The predicted molar refractivity (Wildman–Crippen MR) is 69.2 cm³/mol. The van der Waals surface area contributed by atoms with E-state index in [1.54, 1.807) is 0 Å². The molecule has 1 aliphatic carbocycles. The Hall–Kier alpha value is -1.88. The van der Waals surface area contributed by atoms with Crippen LogP contribution in [0.2, 0.25) is 0 Å². The fourth-order valence-corrected chi connectivity index (χ4v) is 3.55. The van der Waals surface area contributed by atoms with Crippen molar-refractivity contribution in [3.63, 3.8) is 0 Å². The number of carboxylic acid groups (broad SMARTS) is 2. The first-order valence-electron chi connectivity index (χ1n) is 6.58. The third-order valence-corrected chi connectivity index (χ3v) is 4.90. The first kappa shape index (κ1) is 13.1. The lowest BCUT2D eigenvalue weighted by molar-refractivity contribution is -0.174. The normalized spacial score (nSPS) is 38.2. The van der Waals surface area contributed by atoms with E-state index in [2.05, 4.69) is 0 Å². The zero-order valence-electron chi connectivity index (χ0n) is 11.1. The van der Waals surface area contributed by atoms with Gasteiger partial charge in [-0.1, -0.05) is 30.3 Å². The highest BCUT2D eigenvalue weighted by molar-refractivity contribution is 5.89. The number of fused-ring (bicyclic) bond motifs is 1. The Morgan fingerprint density at radius 2 is 1.90 bits per heavy atom. The van der Waals surface area contributed by atoms with E-state index in [9.17, 15) is 19.8 Å². The molecule has 5 nitrogen and oxygen atoms in total. The van der Waals surface area contributed by atoms with E-state index in [4.69, 9.17) is 4.74 Å². The third-order valence-electron chi connectivity index (χ3n) is 4.90. The fourth-order valence-electron chi connectivity index (χ4n) is 3.55. The molecular weight excluding hydrogens is 260 g/mol. The maximum atomic E-state index is 11.9. The molecular formula is C15H16O5. The standard InChI is InChI=1S/C15H16O5/c1-14(12(16)17)11-10(20-11)8-15(14,13(18)19)7-9-5-3-2-4-6-9/h2-6,10-11H,7-8H2,1H3,(H,16,17)(H,18,19)/t10-,11-,14+,15?/m0/s1. The first-order valence-corrected chi connectivity index (χ1v) is 6.58. The summed E-state index contributed by atoms with van der Waals surface area (Å²) < 4.78 is 5.33. The quantitative estimate of drug-likeness (QED) is 0.815. The Bertz CT molecular complexity index is 569. The van der Waals surface area contributed by atoms with Crippen LogP contribution in [0.1, 0.15) is 18.9 Å². The zero-order valence-corrected chi connectivity index (χ0v) is 11.1. The average Bonchev–Trinajstić information content (AvgIpc) is 3.12. The Labute approximate surface area is 116 Å². The van der Waals surface area contributed by atoms with Crippen molar-refractivity contribution >= 4 is 11.9 Å². The average molecular weight is 276 g/mol. The molecule has 1 aromatic carbocycles. The third kappa shape index (κ3) is 1.53. The van der Waals surface area contributed by atoms with Crippen LogP contribution in [-0.2, 0) is 20.7 Å². The minimum Gasteiger partial charge on any atom is -0.481 e. The van der Waals surface area contributed by atoms with Crippen LogP contribution in [0.3, 0.4) is 0 Å². The number of benzene rings is 1. The van der Waals surface area contributed by atoms with Crippen LogP contribution in [0.4, 0.5) is 0 Å². The van der Waals surface area contributed by atoms with E-state index >= 15 is 0 Å². The molecule has 2 fully saturated rings. The number of epoxide rings is 1. The first-order chi connectivity index (χ1) is 9.42. The highest BCUT2D eigenvalue weighted by atomic mass is 16.6. The molecule has 1 saturated heterocycles. The van der Waals surface area contributed by atoms with Gasteiger partial charge in [-0.3, -0.25) is 9.59 Å². The molecule has 0 aromatic heterocycles. The molecule has 4 atom stereocenters. The highest BCUT2D eigenvalue weighted by Gasteiger charge is 2.76. The molecule has 1 aromatic rings. The number of carboxylic acids is 2. The van der Waals surface area contributed by atoms with Crippen LogP contribution >= 0.6 is 0 Å². The van der Waals surface area contributed by atoms with Crippen LogP contribution in [0.25, 0.3) is 0 Å². The monoisotopic (exact) mass is 276 g/mol. The van der Waals surface area contributed by atoms with Gasteiger partial charge in [0.15, 0.2) is 0 Å². The van der Waals surface area contributed by atoms with Crippen molar-refractivity contribution in [2.45, 2.75) is 32.0 Å². The molecule has 1 unspecified atom stereocenters. The Kier molecular flexibility index (Phi) is 2.66. The Morgan fingerprint density at radius 3 is 2.45 bits per heavy atom. The lowest BCUT2D eigenvalue weighted by Gasteiger charge is -2.38. The molecule has 2 N–H and O–H groups in total. The van der Waals surface area contributed by atoms with E-state index in [0.717, 1.165) is 5.56 Å². The van der Waals surface area contributed by atoms with E-state index in [1.807, 2.05) is 30.3 Å². The van der Waals surface area contributed by atoms with Crippen LogP contribution in [0.15, 0.2) is 30.3 Å².